The molecule has 33 heavy (non-hydrogen) atoms. The number of sulfonamides is 1. The van der Waals surface area contributed by atoms with Crippen molar-refractivity contribution < 1.29 is 22.7 Å². The van der Waals surface area contributed by atoms with Gasteiger partial charge in [-0.2, -0.15) is 9.40 Å². The second kappa shape index (κ2) is 9.24. The lowest BCUT2D eigenvalue weighted by atomic mass is 10.1. The highest BCUT2D eigenvalue weighted by atomic mass is 32.2. The highest BCUT2D eigenvalue weighted by Gasteiger charge is 2.29. The number of fused-ring (bicyclic) bond motifs is 1. The highest BCUT2D eigenvalue weighted by molar-refractivity contribution is 7.89. The van der Waals surface area contributed by atoms with Crippen LogP contribution in [0.4, 0.5) is 0 Å². The fourth-order valence-corrected chi connectivity index (χ4v) is 5.21. The monoisotopic (exact) mass is 481 g/mol. The number of ether oxygens (including phenoxy) is 1. The van der Waals surface area contributed by atoms with Gasteiger partial charge < -0.3 is 14.6 Å². The third kappa shape index (κ3) is 4.40. The van der Waals surface area contributed by atoms with E-state index in [0.29, 0.717) is 26.2 Å². The van der Waals surface area contributed by atoms with Crippen molar-refractivity contribution in [2.24, 2.45) is 7.05 Å². The predicted molar refractivity (Wildman–Crippen MR) is 126 cm³/mol. The van der Waals surface area contributed by atoms with Crippen LogP contribution in [0.25, 0.3) is 22.4 Å². The first-order valence-electron chi connectivity index (χ1n) is 13.9. The Morgan fingerprint density at radius 3 is 2.70 bits per heavy atom. The lowest BCUT2D eigenvalue weighted by Gasteiger charge is -2.31. The van der Waals surface area contributed by atoms with Crippen molar-refractivity contribution in [2.75, 3.05) is 39.8 Å². The molecular formula is C22H30N6O4S. The molecule has 0 saturated carbocycles. The molecule has 1 aliphatic rings. The molecule has 1 N–H and O–H groups in total. The molecule has 1 aromatic carbocycles. The number of likely N-dealkylation sites (N-methyl/N-ethyl adjacent to an activating group) is 1. The maximum atomic E-state index is 13.4. The summed E-state index contributed by atoms with van der Waals surface area (Å²) in [5.74, 6) is 0.00414. The topological polar surface area (TPSA) is 113 Å². The summed E-state index contributed by atoms with van der Waals surface area (Å²) in [7, 11) is -0.704. The molecule has 2 aromatic heterocycles. The van der Waals surface area contributed by atoms with Gasteiger partial charge in [0.15, 0.2) is 5.52 Å². The van der Waals surface area contributed by atoms with E-state index in [-0.39, 0.29) is 39.7 Å². The van der Waals surface area contributed by atoms with Crippen LogP contribution < -0.4 is 10.3 Å². The molecule has 4 rings (SSSR count). The number of rotatable bonds is 7. The van der Waals surface area contributed by atoms with Gasteiger partial charge in [-0.1, -0.05) is 13.2 Å². The number of hydrogen-bond acceptors (Lipinski definition) is 7. The summed E-state index contributed by atoms with van der Waals surface area (Å²) in [6.07, 6.45) is -6.58. The molecule has 1 aliphatic heterocycles. The fraction of sp³-hybridized carbons (Fsp3) is 0.500. The van der Waals surface area contributed by atoms with Gasteiger partial charge in [0.1, 0.15) is 17.1 Å². The zero-order chi connectivity index (χ0) is 29.8. The molecule has 3 heterocycles. The normalized spacial score (nSPS) is 20.3. The lowest BCUT2D eigenvalue weighted by molar-refractivity contribution is 0.222. The van der Waals surface area contributed by atoms with E-state index in [4.69, 9.17) is 14.3 Å². The van der Waals surface area contributed by atoms with Gasteiger partial charge in [-0.05, 0) is 38.5 Å². The smallest absolute Gasteiger partial charge is 0.277 e. The number of hydrogen-bond donors (Lipinski definition) is 1. The maximum absolute atomic E-state index is 13.4. The molecule has 1 fully saturated rings. The number of H-pyrrole nitrogens is 1. The Bertz CT molecular complexity index is 1600. The van der Waals surface area contributed by atoms with Crippen LogP contribution >= 0.6 is 0 Å². The maximum Gasteiger partial charge on any atom is 0.277 e. The van der Waals surface area contributed by atoms with Crippen molar-refractivity contribution in [1.29, 1.82) is 0 Å². The van der Waals surface area contributed by atoms with Crippen molar-refractivity contribution in [3.05, 3.63) is 34.2 Å². The Kier molecular flexibility index (Phi) is 4.47. The number of benzene rings is 1. The van der Waals surface area contributed by atoms with Gasteiger partial charge in [0.2, 0.25) is 10.0 Å². The van der Waals surface area contributed by atoms with E-state index >= 15 is 0 Å². The van der Waals surface area contributed by atoms with Crippen molar-refractivity contribution in [3.8, 4) is 17.1 Å². The van der Waals surface area contributed by atoms with Gasteiger partial charge >= 0.3 is 0 Å². The van der Waals surface area contributed by atoms with E-state index in [1.807, 2.05) is 11.9 Å². The van der Waals surface area contributed by atoms with E-state index in [1.54, 1.807) is 6.92 Å². The number of nitrogens with zero attached hydrogens (tertiary/aromatic N) is 5. The molecular weight excluding hydrogens is 444 g/mol. The molecule has 1 saturated heterocycles. The van der Waals surface area contributed by atoms with Crippen LogP contribution in [0.2, 0.25) is 0 Å². The fourth-order valence-electron chi connectivity index (χ4n) is 3.76. The SMILES string of the molecule is [2H]C([2H])([2H])C([2H])([2H])C([2H])([2H])c1nn(C)c2c(=O)[nH]c(-c3cc(S(=O)(=O)N4CCN(C)CC4)ccc3OCC)nc12. The standard InChI is InChI=1S/C22H30N6O4S/c1-5-7-17-19-20(27(4)25-17)22(29)24-21(23-19)16-14-15(8-9-18(16)32-6-2)33(30,31)28-12-10-26(3)11-13-28/h8-9,14H,5-7,10-13H2,1-4H3,(H,23,24,29)/i1D3,5D2,7D2. The van der Waals surface area contributed by atoms with Gasteiger partial charge in [-0.3, -0.25) is 9.48 Å². The molecule has 0 spiro atoms. The Morgan fingerprint density at radius 2 is 2.00 bits per heavy atom. The minimum atomic E-state index is -3.92. The third-order valence-corrected chi connectivity index (χ3v) is 7.37. The first kappa shape index (κ1) is 16.0. The van der Waals surface area contributed by atoms with Crippen LogP contribution in [0.5, 0.6) is 5.75 Å². The zero-order valence-electron chi connectivity index (χ0n) is 25.5. The number of nitrogens with one attached hydrogen (secondary N) is 1. The molecule has 10 nitrogen and oxygen atoms in total. The first-order valence-corrected chi connectivity index (χ1v) is 11.8. The second-order valence-corrected chi connectivity index (χ2v) is 9.57. The molecule has 0 aliphatic carbocycles. The van der Waals surface area contributed by atoms with Crippen molar-refractivity contribution >= 4 is 21.1 Å². The number of aromatic amines is 1. The molecule has 11 heteroatoms. The second-order valence-electron chi connectivity index (χ2n) is 7.63. The van der Waals surface area contributed by atoms with Crippen molar-refractivity contribution in [1.82, 2.24) is 29.0 Å². The van der Waals surface area contributed by atoms with Gasteiger partial charge in [-0.15, -0.1) is 0 Å². The zero-order valence-corrected chi connectivity index (χ0v) is 19.4. The molecule has 3 aromatic rings. The van der Waals surface area contributed by atoms with Crippen LogP contribution in [0, 0.1) is 0 Å². The summed E-state index contributed by atoms with van der Waals surface area (Å²) in [4.78, 5) is 22.0. The van der Waals surface area contributed by atoms with E-state index in [2.05, 4.69) is 15.1 Å². The van der Waals surface area contributed by atoms with Crippen LogP contribution in [0.1, 0.15) is 35.4 Å². The Hall–Kier alpha value is -2.76. The summed E-state index contributed by atoms with van der Waals surface area (Å²) in [6.45, 7) is 0.253. The molecule has 0 atom stereocenters. The average Bonchev–Trinajstić information content (AvgIpc) is 3.21. The summed E-state index contributed by atoms with van der Waals surface area (Å²) in [5, 5.41) is 3.95. The van der Waals surface area contributed by atoms with Gasteiger partial charge in [0.05, 0.1) is 22.8 Å². The van der Waals surface area contributed by atoms with E-state index in [9.17, 15) is 13.2 Å². The van der Waals surface area contributed by atoms with Gasteiger partial charge in [0, 0.05) is 42.8 Å². The highest BCUT2D eigenvalue weighted by Crippen LogP contribution is 2.32. The minimum Gasteiger partial charge on any atom is -0.493 e. The number of aryl methyl sites for hydroxylation is 2. The van der Waals surface area contributed by atoms with Gasteiger partial charge in [0.25, 0.3) is 5.56 Å². The average molecular weight is 482 g/mol. The van der Waals surface area contributed by atoms with Crippen molar-refractivity contribution in [2.45, 2.75) is 31.4 Å². The summed E-state index contributed by atoms with van der Waals surface area (Å²) in [5.41, 5.74) is -1.96. The van der Waals surface area contributed by atoms with Crippen LogP contribution in [0.15, 0.2) is 27.9 Å². The number of aromatic nitrogens is 4. The van der Waals surface area contributed by atoms with E-state index in [0.717, 1.165) is 4.68 Å². The van der Waals surface area contributed by atoms with Crippen LogP contribution in [0.3, 0.4) is 0 Å². The predicted octanol–water partition coefficient (Wildman–Crippen LogP) is 1.61. The molecule has 0 unspecified atom stereocenters. The summed E-state index contributed by atoms with van der Waals surface area (Å²) < 4.78 is 90.4. The van der Waals surface area contributed by atoms with Gasteiger partial charge in [-0.25, -0.2) is 13.4 Å². The van der Waals surface area contributed by atoms with E-state index < -0.39 is 40.9 Å². The molecule has 0 radical (unpaired) electrons. The Balaban J connectivity index is 1.93. The molecule has 0 bridgehead atoms. The Morgan fingerprint density at radius 1 is 1.24 bits per heavy atom. The van der Waals surface area contributed by atoms with Crippen molar-refractivity contribution in [3.63, 3.8) is 0 Å². The quantitative estimate of drug-likeness (QED) is 0.545. The molecule has 0 amide bonds. The summed E-state index contributed by atoms with van der Waals surface area (Å²) in [6, 6.07) is 4.12. The minimum absolute atomic E-state index is 0.0706. The van der Waals surface area contributed by atoms with Crippen LogP contribution in [-0.4, -0.2) is 77.2 Å². The number of piperazine rings is 1. The molecule has 178 valence electrons. The first-order chi connectivity index (χ1) is 18.4. The summed E-state index contributed by atoms with van der Waals surface area (Å²) >= 11 is 0. The third-order valence-electron chi connectivity index (χ3n) is 5.48. The van der Waals surface area contributed by atoms with Crippen LogP contribution in [-0.2, 0) is 23.4 Å². The Labute approximate surface area is 203 Å². The lowest BCUT2D eigenvalue weighted by Crippen LogP contribution is -2.47. The van der Waals surface area contributed by atoms with E-state index in [1.165, 1.54) is 29.6 Å². The largest absolute Gasteiger partial charge is 0.493 e.